The van der Waals surface area contributed by atoms with Gasteiger partial charge < -0.3 is 9.80 Å². The predicted molar refractivity (Wildman–Crippen MR) is 95.1 cm³/mol. The van der Waals surface area contributed by atoms with E-state index in [2.05, 4.69) is 15.3 Å². The minimum Gasteiger partial charge on any atom is -0.368 e. The molecular weight excluding hydrogens is 373 g/mol. The molecule has 0 bridgehead atoms. The molecule has 1 saturated heterocycles. The number of rotatable bonds is 2. The van der Waals surface area contributed by atoms with Gasteiger partial charge in [-0.15, -0.1) is 10.2 Å². The quantitative estimate of drug-likeness (QED) is 0.672. The molecule has 3 aromatic rings. The third-order valence-corrected chi connectivity index (χ3v) is 4.74. The second-order valence-corrected chi connectivity index (χ2v) is 6.56. The molecule has 1 fully saturated rings. The maximum Gasteiger partial charge on any atom is 0.416 e. The van der Waals surface area contributed by atoms with Gasteiger partial charge in [-0.1, -0.05) is 6.07 Å². The molecule has 1 aliphatic heterocycles. The lowest BCUT2D eigenvalue weighted by atomic mass is 10.1. The van der Waals surface area contributed by atoms with Gasteiger partial charge in [0.05, 0.1) is 5.56 Å². The van der Waals surface area contributed by atoms with Gasteiger partial charge in [0.1, 0.15) is 5.69 Å². The highest BCUT2D eigenvalue weighted by molar-refractivity contribution is 5.92. The first kappa shape index (κ1) is 18.2. The maximum absolute atomic E-state index is 12.9. The first-order valence-corrected chi connectivity index (χ1v) is 8.73. The van der Waals surface area contributed by atoms with Crippen LogP contribution in [0.5, 0.6) is 0 Å². The van der Waals surface area contributed by atoms with Crippen LogP contribution in [0.25, 0.3) is 5.65 Å². The molecule has 28 heavy (non-hydrogen) atoms. The van der Waals surface area contributed by atoms with Crippen molar-refractivity contribution in [2.75, 3.05) is 31.1 Å². The van der Waals surface area contributed by atoms with E-state index in [0.717, 1.165) is 12.1 Å². The summed E-state index contributed by atoms with van der Waals surface area (Å²) in [6, 6.07) is 8.53. The van der Waals surface area contributed by atoms with Crippen molar-refractivity contribution in [3.8, 4) is 0 Å². The number of aromatic nitrogens is 4. The van der Waals surface area contributed by atoms with Gasteiger partial charge in [-0.05, 0) is 37.3 Å². The Morgan fingerprint density at radius 3 is 2.50 bits per heavy atom. The van der Waals surface area contributed by atoms with Crippen LogP contribution < -0.4 is 4.90 Å². The van der Waals surface area contributed by atoms with Crippen LogP contribution in [0, 0.1) is 6.92 Å². The van der Waals surface area contributed by atoms with Gasteiger partial charge in [0.15, 0.2) is 11.5 Å². The first-order chi connectivity index (χ1) is 13.3. The third-order valence-electron chi connectivity index (χ3n) is 4.74. The number of piperazine rings is 1. The van der Waals surface area contributed by atoms with Gasteiger partial charge >= 0.3 is 6.18 Å². The van der Waals surface area contributed by atoms with E-state index >= 15 is 0 Å². The van der Waals surface area contributed by atoms with E-state index in [-0.39, 0.29) is 11.6 Å². The lowest BCUT2D eigenvalue weighted by Gasteiger charge is -2.36. The number of nitrogens with zero attached hydrogens (tertiary/aromatic N) is 6. The van der Waals surface area contributed by atoms with Crippen molar-refractivity contribution in [3.05, 3.63) is 53.5 Å². The van der Waals surface area contributed by atoms with Crippen LogP contribution in [0.15, 0.2) is 36.4 Å². The number of benzene rings is 1. The van der Waals surface area contributed by atoms with Gasteiger partial charge in [-0.2, -0.15) is 22.8 Å². The Hall–Kier alpha value is -3.17. The second kappa shape index (κ2) is 6.77. The summed E-state index contributed by atoms with van der Waals surface area (Å²) in [6.07, 6.45) is -4.38. The summed E-state index contributed by atoms with van der Waals surface area (Å²) >= 11 is 0. The molecule has 0 saturated carbocycles. The Morgan fingerprint density at radius 2 is 1.79 bits per heavy atom. The maximum atomic E-state index is 12.9. The van der Waals surface area contributed by atoms with Crippen LogP contribution in [-0.2, 0) is 6.18 Å². The number of carbonyl (C=O) groups excluding carboxylic acids is 1. The number of halogens is 3. The monoisotopic (exact) mass is 390 g/mol. The summed E-state index contributed by atoms with van der Waals surface area (Å²) < 4.78 is 40.3. The minimum atomic E-state index is -4.38. The fourth-order valence-electron chi connectivity index (χ4n) is 3.22. The van der Waals surface area contributed by atoms with Crippen LogP contribution in [0.4, 0.5) is 18.9 Å². The van der Waals surface area contributed by atoms with Crippen LogP contribution in [0.1, 0.15) is 21.9 Å². The first-order valence-electron chi connectivity index (χ1n) is 8.73. The summed E-state index contributed by atoms with van der Waals surface area (Å²) in [6.45, 7) is 3.43. The summed E-state index contributed by atoms with van der Waals surface area (Å²) in [5.74, 6) is 0.359. The number of anilines is 1. The van der Waals surface area contributed by atoms with Crippen LogP contribution >= 0.6 is 0 Å². The van der Waals surface area contributed by atoms with Crippen molar-refractivity contribution in [1.82, 2.24) is 24.7 Å². The zero-order chi connectivity index (χ0) is 19.9. The van der Waals surface area contributed by atoms with Gasteiger partial charge in [0.2, 0.25) is 0 Å². The van der Waals surface area contributed by atoms with E-state index in [1.807, 2.05) is 4.90 Å². The fourth-order valence-corrected chi connectivity index (χ4v) is 3.22. The Balaban J connectivity index is 1.46. The topological polar surface area (TPSA) is 66.6 Å². The molecular formula is C18H17F3N6O. The van der Waals surface area contributed by atoms with E-state index in [0.29, 0.717) is 43.3 Å². The Kier molecular flexibility index (Phi) is 4.40. The normalized spacial score (nSPS) is 15.3. The molecule has 1 aromatic carbocycles. The molecule has 0 atom stereocenters. The van der Waals surface area contributed by atoms with E-state index in [1.54, 1.807) is 30.0 Å². The number of alkyl halides is 3. The molecule has 146 valence electrons. The molecule has 3 heterocycles. The van der Waals surface area contributed by atoms with Crippen molar-refractivity contribution in [1.29, 1.82) is 0 Å². The fraction of sp³-hybridized carbons (Fsp3) is 0.333. The zero-order valence-corrected chi connectivity index (χ0v) is 15.0. The molecule has 0 aliphatic carbocycles. The van der Waals surface area contributed by atoms with Crippen molar-refractivity contribution in [2.24, 2.45) is 0 Å². The Bertz CT molecular complexity index is 1020. The number of amides is 1. The van der Waals surface area contributed by atoms with Crippen LogP contribution in [0.2, 0.25) is 0 Å². The molecule has 4 rings (SSSR count). The largest absolute Gasteiger partial charge is 0.416 e. The summed E-state index contributed by atoms with van der Waals surface area (Å²) in [5.41, 5.74) is 0.665. The molecule has 0 spiro atoms. The number of aryl methyl sites for hydroxylation is 1. The van der Waals surface area contributed by atoms with Crippen molar-refractivity contribution in [2.45, 2.75) is 13.1 Å². The highest BCUT2D eigenvalue weighted by Gasteiger charge is 2.31. The van der Waals surface area contributed by atoms with Crippen LogP contribution in [0.3, 0.4) is 0 Å². The van der Waals surface area contributed by atoms with Gasteiger partial charge in [0.25, 0.3) is 5.91 Å². The molecule has 0 N–H and O–H groups in total. The van der Waals surface area contributed by atoms with Crippen molar-refractivity contribution >= 4 is 17.2 Å². The molecule has 10 heteroatoms. The molecule has 0 unspecified atom stereocenters. The summed E-state index contributed by atoms with van der Waals surface area (Å²) in [4.78, 5) is 16.2. The molecule has 0 radical (unpaired) electrons. The number of fused-ring (bicyclic) bond motifs is 1. The third kappa shape index (κ3) is 3.37. The molecule has 1 amide bonds. The average molecular weight is 390 g/mol. The highest BCUT2D eigenvalue weighted by atomic mass is 19.4. The second-order valence-electron chi connectivity index (χ2n) is 6.56. The van der Waals surface area contributed by atoms with Gasteiger partial charge in [0, 0.05) is 31.9 Å². The summed E-state index contributed by atoms with van der Waals surface area (Å²) in [5, 5.41) is 12.1. The van der Waals surface area contributed by atoms with Crippen molar-refractivity contribution < 1.29 is 18.0 Å². The Morgan fingerprint density at radius 1 is 1.04 bits per heavy atom. The Labute approximate surface area is 158 Å². The smallest absolute Gasteiger partial charge is 0.368 e. The lowest BCUT2D eigenvalue weighted by molar-refractivity contribution is -0.137. The van der Waals surface area contributed by atoms with Crippen LogP contribution in [-0.4, -0.2) is 56.8 Å². The molecule has 2 aromatic heterocycles. The number of carbonyl (C=O) groups is 1. The summed E-state index contributed by atoms with van der Waals surface area (Å²) in [7, 11) is 0. The average Bonchev–Trinajstić information content (AvgIpc) is 3.07. The standard InChI is InChI=1S/C18H17F3N6O/c1-12-22-23-16-6-5-15(24-27(12)16)17(28)26-9-7-25(8-10-26)14-4-2-3-13(11-14)18(19,20)21/h2-6,11H,7-10H2,1H3. The lowest BCUT2D eigenvalue weighted by Crippen LogP contribution is -2.49. The number of hydrogen-bond donors (Lipinski definition) is 0. The van der Waals surface area contributed by atoms with E-state index in [9.17, 15) is 18.0 Å². The SMILES string of the molecule is Cc1nnc2ccc(C(=O)N3CCN(c4cccc(C(F)(F)F)c4)CC3)nn12. The van der Waals surface area contributed by atoms with E-state index < -0.39 is 11.7 Å². The van der Waals surface area contributed by atoms with E-state index in [4.69, 9.17) is 0 Å². The van der Waals surface area contributed by atoms with Gasteiger partial charge in [-0.25, -0.2) is 0 Å². The van der Waals surface area contributed by atoms with Gasteiger partial charge in [-0.3, -0.25) is 4.79 Å². The highest BCUT2D eigenvalue weighted by Crippen LogP contribution is 2.31. The predicted octanol–water partition coefficient (Wildman–Crippen LogP) is 2.41. The van der Waals surface area contributed by atoms with E-state index in [1.165, 1.54) is 10.6 Å². The molecule has 7 nitrogen and oxygen atoms in total. The van der Waals surface area contributed by atoms with Crippen molar-refractivity contribution in [3.63, 3.8) is 0 Å². The number of hydrogen-bond acceptors (Lipinski definition) is 5. The zero-order valence-electron chi connectivity index (χ0n) is 15.0. The molecule has 1 aliphatic rings. The minimum absolute atomic E-state index is 0.223.